The molecule has 0 spiro atoms. The van der Waals surface area contributed by atoms with Crippen LogP contribution in [0.3, 0.4) is 0 Å². The number of hydrogen-bond donors (Lipinski definition) is 1. The molecule has 100 valence electrons. The molecule has 1 aliphatic heterocycles. The molecule has 3 heteroatoms. The Morgan fingerprint density at radius 2 is 2.06 bits per heavy atom. The molecule has 0 aliphatic carbocycles. The average Bonchev–Trinajstić information content (AvgIpc) is 2.73. The second kappa shape index (κ2) is 8.02. The molecule has 0 aromatic carbocycles. The molecule has 1 rings (SSSR count). The molecule has 0 saturated heterocycles. The first-order valence-electron chi connectivity index (χ1n) is 7.11. The SMILES string of the molecule is CCCCCCC(C)NC1=NCC(C(C)C)S1. The highest BCUT2D eigenvalue weighted by Gasteiger charge is 2.22. The van der Waals surface area contributed by atoms with Gasteiger partial charge in [0.25, 0.3) is 0 Å². The first-order valence-corrected chi connectivity index (χ1v) is 7.99. The van der Waals surface area contributed by atoms with Gasteiger partial charge in [-0.3, -0.25) is 4.99 Å². The molecule has 1 heterocycles. The zero-order valence-corrected chi connectivity index (χ0v) is 12.6. The molecule has 17 heavy (non-hydrogen) atoms. The van der Waals surface area contributed by atoms with Crippen molar-refractivity contribution in [2.24, 2.45) is 10.9 Å². The van der Waals surface area contributed by atoms with Crippen LogP contribution in [0.5, 0.6) is 0 Å². The van der Waals surface area contributed by atoms with Crippen molar-refractivity contribution in [3.63, 3.8) is 0 Å². The molecule has 0 bridgehead atoms. The number of unbranched alkanes of at least 4 members (excludes halogenated alkanes) is 3. The number of amidine groups is 1. The van der Waals surface area contributed by atoms with E-state index in [1.165, 1.54) is 37.3 Å². The van der Waals surface area contributed by atoms with Gasteiger partial charge in [-0.05, 0) is 19.3 Å². The van der Waals surface area contributed by atoms with Crippen LogP contribution in [0.25, 0.3) is 0 Å². The van der Waals surface area contributed by atoms with Crippen LogP contribution in [0.1, 0.15) is 59.8 Å². The van der Waals surface area contributed by atoms with Gasteiger partial charge in [0.15, 0.2) is 5.17 Å². The summed E-state index contributed by atoms with van der Waals surface area (Å²) < 4.78 is 0. The van der Waals surface area contributed by atoms with E-state index in [1.54, 1.807) is 0 Å². The third-order valence-electron chi connectivity index (χ3n) is 3.28. The molecule has 1 N–H and O–H groups in total. The molecule has 2 nitrogen and oxygen atoms in total. The van der Waals surface area contributed by atoms with Crippen molar-refractivity contribution in [1.82, 2.24) is 5.32 Å². The number of nitrogens with zero attached hydrogens (tertiary/aromatic N) is 1. The predicted molar refractivity (Wildman–Crippen MR) is 79.9 cm³/mol. The van der Waals surface area contributed by atoms with E-state index >= 15 is 0 Å². The maximum absolute atomic E-state index is 4.59. The monoisotopic (exact) mass is 256 g/mol. The summed E-state index contributed by atoms with van der Waals surface area (Å²) >= 11 is 1.93. The second-order valence-electron chi connectivity index (χ2n) is 5.44. The highest BCUT2D eigenvalue weighted by Crippen LogP contribution is 2.26. The Morgan fingerprint density at radius 1 is 1.29 bits per heavy atom. The van der Waals surface area contributed by atoms with Gasteiger partial charge in [0, 0.05) is 11.3 Å². The minimum atomic E-state index is 0.573. The van der Waals surface area contributed by atoms with Crippen molar-refractivity contribution in [2.75, 3.05) is 6.54 Å². The van der Waals surface area contributed by atoms with Gasteiger partial charge in [0.05, 0.1) is 6.54 Å². The number of hydrogen-bond acceptors (Lipinski definition) is 3. The molecule has 0 radical (unpaired) electrons. The summed E-state index contributed by atoms with van der Waals surface area (Å²) in [6.07, 6.45) is 6.68. The quantitative estimate of drug-likeness (QED) is 0.695. The normalized spacial score (nSPS) is 21.7. The summed E-state index contributed by atoms with van der Waals surface area (Å²) in [5.41, 5.74) is 0. The molecule has 2 unspecified atom stereocenters. The lowest BCUT2D eigenvalue weighted by molar-refractivity contribution is 0.545. The molecule has 2 atom stereocenters. The Bertz CT molecular complexity index is 238. The van der Waals surface area contributed by atoms with E-state index < -0.39 is 0 Å². The summed E-state index contributed by atoms with van der Waals surface area (Å²) in [5, 5.41) is 5.41. The van der Waals surface area contributed by atoms with Crippen LogP contribution < -0.4 is 5.32 Å². The van der Waals surface area contributed by atoms with Crippen LogP contribution in [-0.4, -0.2) is 23.0 Å². The van der Waals surface area contributed by atoms with Crippen molar-refractivity contribution in [2.45, 2.75) is 71.1 Å². The van der Waals surface area contributed by atoms with E-state index in [2.05, 4.69) is 38.0 Å². The van der Waals surface area contributed by atoms with Crippen molar-refractivity contribution in [3.05, 3.63) is 0 Å². The third kappa shape index (κ3) is 5.80. The van der Waals surface area contributed by atoms with Crippen LogP contribution in [0, 0.1) is 5.92 Å². The number of nitrogens with one attached hydrogen (secondary N) is 1. The fourth-order valence-corrected chi connectivity index (χ4v) is 3.10. The maximum atomic E-state index is 4.59. The summed E-state index contributed by atoms with van der Waals surface area (Å²) in [6, 6.07) is 0.573. The van der Waals surface area contributed by atoms with Crippen molar-refractivity contribution in [1.29, 1.82) is 0 Å². The molecule has 0 aromatic rings. The molecule has 0 amide bonds. The van der Waals surface area contributed by atoms with E-state index in [1.807, 2.05) is 11.8 Å². The van der Waals surface area contributed by atoms with Crippen LogP contribution in [0.15, 0.2) is 4.99 Å². The smallest absolute Gasteiger partial charge is 0.157 e. The third-order valence-corrected chi connectivity index (χ3v) is 4.75. The summed E-state index contributed by atoms with van der Waals surface area (Å²) in [7, 11) is 0. The lowest BCUT2D eigenvalue weighted by Crippen LogP contribution is -2.30. The number of aliphatic imine (C=N–C) groups is 1. The standard InChI is InChI=1S/C14H28N2S/c1-5-6-7-8-9-12(4)16-14-15-10-13(17-14)11(2)3/h11-13H,5-10H2,1-4H3,(H,15,16). The average molecular weight is 256 g/mol. The Labute approximate surface area is 111 Å². The Hall–Kier alpha value is -0.180. The fourth-order valence-electron chi connectivity index (χ4n) is 1.98. The van der Waals surface area contributed by atoms with Gasteiger partial charge < -0.3 is 5.32 Å². The lowest BCUT2D eigenvalue weighted by atomic mass is 10.1. The van der Waals surface area contributed by atoms with E-state index in [4.69, 9.17) is 0 Å². The van der Waals surface area contributed by atoms with E-state index in [-0.39, 0.29) is 0 Å². The van der Waals surface area contributed by atoms with Crippen molar-refractivity contribution >= 4 is 16.9 Å². The van der Waals surface area contributed by atoms with Gasteiger partial charge in [-0.1, -0.05) is 58.2 Å². The minimum absolute atomic E-state index is 0.573. The molecule has 0 fully saturated rings. The highest BCUT2D eigenvalue weighted by atomic mass is 32.2. The van der Waals surface area contributed by atoms with Gasteiger partial charge in [-0.25, -0.2) is 0 Å². The van der Waals surface area contributed by atoms with Gasteiger partial charge in [0.1, 0.15) is 0 Å². The Morgan fingerprint density at radius 3 is 2.65 bits per heavy atom. The van der Waals surface area contributed by atoms with E-state index in [9.17, 15) is 0 Å². The zero-order valence-electron chi connectivity index (χ0n) is 11.8. The van der Waals surface area contributed by atoms with Crippen molar-refractivity contribution in [3.8, 4) is 0 Å². The zero-order chi connectivity index (χ0) is 12.7. The lowest BCUT2D eigenvalue weighted by Gasteiger charge is -2.16. The molecular formula is C14H28N2S. The first kappa shape index (κ1) is 14.9. The van der Waals surface area contributed by atoms with Gasteiger partial charge in [-0.2, -0.15) is 0 Å². The molecule has 1 aliphatic rings. The number of rotatable bonds is 7. The van der Waals surface area contributed by atoms with Crippen LogP contribution in [-0.2, 0) is 0 Å². The number of thioether (sulfide) groups is 1. The van der Waals surface area contributed by atoms with Crippen molar-refractivity contribution < 1.29 is 0 Å². The predicted octanol–water partition coefficient (Wildman–Crippen LogP) is 4.06. The fraction of sp³-hybridized carbons (Fsp3) is 0.929. The van der Waals surface area contributed by atoms with Gasteiger partial charge in [0.2, 0.25) is 0 Å². The molecule has 0 aromatic heterocycles. The van der Waals surface area contributed by atoms with Crippen LogP contribution >= 0.6 is 11.8 Å². The first-order chi connectivity index (χ1) is 8.13. The summed E-state index contributed by atoms with van der Waals surface area (Å²) in [6.45, 7) is 10.1. The topological polar surface area (TPSA) is 24.4 Å². The van der Waals surface area contributed by atoms with E-state index in [0.29, 0.717) is 11.3 Å². The summed E-state index contributed by atoms with van der Waals surface area (Å²) in [5.74, 6) is 0.725. The van der Waals surface area contributed by atoms with Crippen LogP contribution in [0.4, 0.5) is 0 Å². The maximum Gasteiger partial charge on any atom is 0.157 e. The largest absolute Gasteiger partial charge is 0.362 e. The van der Waals surface area contributed by atoms with Crippen LogP contribution in [0.2, 0.25) is 0 Å². The Balaban J connectivity index is 2.13. The van der Waals surface area contributed by atoms with Gasteiger partial charge in [-0.15, -0.1) is 0 Å². The van der Waals surface area contributed by atoms with Gasteiger partial charge >= 0.3 is 0 Å². The summed E-state index contributed by atoms with van der Waals surface area (Å²) in [4.78, 5) is 4.59. The molecular weight excluding hydrogens is 228 g/mol. The highest BCUT2D eigenvalue weighted by molar-refractivity contribution is 8.14. The van der Waals surface area contributed by atoms with E-state index in [0.717, 1.165) is 12.5 Å². The molecule has 0 saturated carbocycles. The Kier molecular flexibility index (Phi) is 7.02. The minimum Gasteiger partial charge on any atom is -0.362 e. The second-order valence-corrected chi connectivity index (χ2v) is 6.67.